The van der Waals surface area contributed by atoms with Crippen LogP contribution in [0.3, 0.4) is 0 Å². The van der Waals surface area contributed by atoms with Gasteiger partial charge in [0.25, 0.3) is 0 Å². The van der Waals surface area contributed by atoms with Crippen molar-refractivity contribution in [2.45, 2.75) is 18.9 Å². The highest BCUT2D eigenvalue weighted by atomic mass is 35.5. The van der Waals surface area contributed by atoms with Gasteiger partial charge in [-0.15, -0.1) is 11.3 Å². The fourth-order valence-corrected chi connectivity index (χ4v) is 2.41. The molecule has 0 fully saturated rings. The zero-order valence-corrected chi connectivity index (χ0v) is 11.4. The van der Waals surface area contributed by atoms with Crippen LogP contribution in [0.25, 0.3) is 0 Å². The average molecular weight is 278 g/mol. The van der Waals surface area contributed by atoms with Crippen LogP contribution in [0.1, 0.15) is 11.8 Å². The van der Waals surface area contributed by atoms with Crippen LogP contribution < -0.4 is 5.32 Å². The third-order valence-corrected chi connectivity index (χ3v) is 3.56. The SMILES string of the molecule is COC(=O)C(C)(O)CNCCc1ccc(Cl)s1. The number of carbonyl (C=O) groups is 1. The van der Waals surface area contributed by atoms with Crippen molar-refractivity contribution in [3.8, 4) is 0 Å². The number of esters is 1. The van der Waals surface area contributed by atoms with Gasteiger partial charge in [-0.2, -0.15) is 0 Å². The molecule has 0 amide bonds. The largest absolute Gasteiger partial charge is 0.467 e. The fraction of sp³-hybridized carbons (Fsp3) is 0.545. The molecule has 0 radical (unpaired) electrons. The van der Waals surface area contributed by atoms with E-state index in [9.17, 15) is 9.90 Å². The third-order valence-electron chi connectivity index (χ3n) is 2.27. The molecule has 0 bridgehead atoms. The molecule has 0 aromatic carbocycles. The molecule has 0 saturated carbocycles. The van der Waals surface area contributed by atoms with Crippen molar-refractivity contribution in [1.29, 1.82) is 0 Å². The number of aliphatic hydroxyl groups is 1. The molecule has 96 valence electrons. The number of hydrogen-bond acceptors (Lipinski definition) is 5. The fourth-order valence-electron chi connectivity index (χ4n) is 1.32. The Morgan fingerprint density at radius 3 is 2.88 bits per heavy atom. The Morgan fingerprint density at radius 1 is 1.65 bits per heavy atom. The molecule has 1 atom stereocenters. The van der Waals surface area contributed by atoms with E-state index in [2.05, 4.69) is 10.1 Å². The number of methoxy groups -OCH3 is 1. The molecular formula is C11H16ClNO3S. The van der Waals surface area contributed by atoms with Gasteiger partial charge < -0.3 is 15.2 Å². The number of halogens is 1. The molecule has 1 unspecified atom stereocenters. The van der Waals surface area contributed by atoms with Gasteiger partial charge in [0, 0.05) is 18.0 Å². The Bertz CT molecular complexity index is 379. The smallest absolute Gasteiger partial charge is 0.338 e. The summed E-state index contributed by atoms with van der Waals surface area (Å²) in [6, 6.07) is 3.82. The molecule has 0 aliphatic rings. The maximum Gasteiger partial charge on any atom is 0.338 e. The van der Waals surface area contributed by atoms with Crippen molar-refractivity contribution >= 4 is 28.9 Å². The van der Waals surface area contributed by atoms with Gasteiger partial charge in [0.2, 0.25) is 0 Å². The summed E-state index contributed by atoms with van der Waals surface area (Å²) in [5, 5.41) is 12.7. The monoisotopic (exact) mass is 277 g/mol. The van der Waals surface area contributed by atoms with E-state index in [0.717, 1.165) is 10.8 Å². The van der Waals surface area contributed by atoms with E-state index in [-0.39, 0.29) is 6.54 Å². The van der Waals surface area contributed by atoms with Gasteiger partial charge >= 0.3 is 5.97 Å². The van der Waals surface area contributed by atoms with Crippen molar-refractivity contribution < 1.29 is 14.6 Å². The summed E-state index contributed by atoms with van der Waals surface area (Å²) in [6.07, 6.45) is 0.814. The Kier molecular flexibility index (Phi) is 5.39. The molecule has 17 heavy (non-hydrogen) atoms. The zero-order valence-electron chi connectivity index (χ0n) is 9.83. The van der Waals surface area contributed by atoms with Crippen LogP contribution in [-0.4, -0.2) is 36.9 Å². The summed E-state index contributed by atoms with van der Waals surface area (Å²) >= 11 is 7.33. The van der Waals surface area contributed by atoms with Gasteiger partial charge in [-0.3, -0.25) is 0 Å². The number of rotatable bonds is 6. The van der Waals surface area contributed by atoms with E-state index < -0.39 is 11.6 Å². The first-order valence-corrected chi connectivity index (χ1v) is 6.41. The quantitative estimate of drug-likeness (QED) is 0.611. The summed E-state index contributed by atoms with van der Waals surface area (Å²) < 4.78 is 5.25. The Morgan fingerprint density at radius 2 is 2.35 bits per heavy atom. The maximum atomic E-state index is 11.2. The minimum atomic E-state index is -1.48. The Hall–Kier alpha value is -0.620. The molecule has 1 rings (SSSR count). The molecule has 0 spiro atoms. The normalized spacial score (nSPS) is 14.4. The van der Waals surface area contributed by atoms with E-state index in [1.807, 2.05) is 12.1 Å². The lowest BCUT2D eigenvalue weighted by Gasteiger charge is -2.20. The predicted molar refractivity (Wildman–Crippen MR) is 68.5 cm³/mol. The predicted octanol–water partition coefficient (Wildman–Crippen LogP) is 1.46. The van der Waals surface area contributed by atoms with Crippen LogP contribution in [0, 0.1) is 0 Å². The Labute approximate surface area is 110 Å². The summed E-state index contributed by atoms with van der Waals surface area (Å²) in [5.74, 6) is -0.635. The van der Waals surface area contributed by atoms with Crippen LogP contribution in [0.5, 0.6) is 0 Å². The number of thiophene rings is 1. The van der Waals surface area contributed by atoms with Crippen LogP contribution in [-0.2, 0) is 16.0 Å². The summed E-state index contributed by atoms with van der Waals surface area (Å²) in [6.45, 7) is 2.26. The summed E-state index contributed by atoms with van der Waals surface area (Å²) in [4.78, 5) is 12.3. The molecule has 0 aliphatic heterocycles. The maximum absolute atomic E-state index is 11.2. The van der Waals surface area contributed by atoms with Gasteiger partial charge in [-0.05, 0) is 25.5 Å². The second-order valence-corrected chi connectivity index (χ2v) is 5.70. The highest BCUT2D eigenvalue weighted by Crippen LogP contribution is 2.21. The van der Waals surface area contributed by atoms with Crippen LogP contribution >= 0.6 is 22.9 Å². The van der Waals surface area contributed by atoms with Crippen LogP contribution in [0.2, 0.25) is 4.34 Å². The van der Waals surface area contributed by atoms with Gasteiger partial charge in [0.15, 0.2) is 5.60 Å². The van der Waals surface area contributed by atoms with Crippen LogP contribution in [0.15, 0.2) is 12.1 Å². The second kappa shape index (κ2) is 6.35. The first kappa shape index (κ1) is 14.4. The number of ether oxygens (including phenoxy) is 1. The molecule has 1 heterocycles. The van der Waals surface area contributed by atoms with Crippen molar-refractivity contribution in [2.75, 3.05) is 20.2 Å². The van der Waals surface area contributed by atoms with Gasteiger partial charge in [0.05, 0.1) is 11.4 Å². The highest BCUT2D eigenvalue weighted by Gasteiger charge is 2.30. The van der Waals surface area contributed by atoms with E-state index >= 15 is 0 Å². The Balaban J connectivity index is 2.26. The third kappa shape index (κ3) is 4.63. The second-order valence-electron chi connectivity index (χ2n) is 3.90. The first-order valence-electron chi connectivity index (χ1n) is 5.21. The average Bonchev–Trinajstić information content (AvgIpc) is 2.69. The van der Waals surface area contributed by atoms with Crippen molar-refractivity contribution in [2.24, 2.45) is 0 Å². The number of nitrogens with one attached hydrogen (secondary N) is 1. The lowest BCUT2D eigenvalue weighted by Crippen LogP contribution is -2.46. The number of carbonyl (C=O) groups excluding carboxylic acids is 1. The number of hydrogen-bond donors (Lipinski definition) is 2. The first-order chi connectivity index (χ1) is 7.95. The standard InChI is InChI=1S/C11H16ClNO3S/c1-11(15,10(14)16-2)7-13-6-5-8-3-4-9(12)17-8/h3-4,13,15H,5-7H2,1-2H3. The minimum Gasteiger partial charge on any atom is -0.467 e. The van der Waals surface area contributed by atoms with E-state index in [1.165, 1.54) is 30.2 Å². The molecule has 0 saturated heterocycles. The van der Waals surface area contributed by atoms with Gasteiger partial charge in [-0.1, -0.05) is 11.6 Å². The van der Waals surface area contributed by atoms with Crippen molar-refractivity contribution in [3.05, 3.63) is 21.3 Å². The van der Waals surface area contributed by atoms with Gasteiger partial charge in [-0.25, -0.2) is 4.79 Å². The highest BCUT2D eigenvalue weighted by molar-refractivity contribution is 7.16. The zero-order chi connectivity index (χ0) is 12.9. The summed E-state index contributed by atoms with van der Waals surface area (Å²) in [5.41, 5.74) is -1.48. The lowest BCUT2D eigenvalue weighted by atomic mass is 10.1. The molecule has 4 nitrogen and oxygen atoms in total. The molecule has 2 N–H and O–H groups in total. The van der Waals surface area contributed by atoms with E-state index in [1.54, 1.807) is 0 Å². The molecule has 0 aliphatic carbocycles. The van der Waals surface area contributed by atoms with Crippen molar-refractivity contribution in [3.63, 3.8) is 0 Å². The van der Waals surface area contributed by atoms with Crippen molar-refractivity contribution in [1.82, 2.24) is 5.32 Å². The lowest BCUT2D eigenvalue weighted by molar-refractivity contribution is -0.159. The molecule has 6 heteroatoms. The molecular weight excluding hydrogens is 262 g/mol. The van der Waals surface area contributed by atoms with E-state index in [0.29, 0.717) is 6.54 Å². The van der Waals surface area contributed by atoms with Gasteiger partial charge in [0.1, 0.15) is 0 Å². The van der Waals surface area contributed by atoms with Crippen LogP contribution in [0.4, 0.5) is 0 Å². The summed E-state index contributed by atoms with van der Waals surface area (Å²) in [7, 11) is 1.25. The molecule has 1 aromatic rings. The molecule has 1 aromatic heterocycles. The van der Waals surface area contributed by atoms with E-state index in [4.69, 9.17) is 11.6 Å². The minimum absolute atomic E-state index is 0.165. The topological polar surface area (TPSA) is 58.6 Å².